The zero-order valence-electron chi connectivity index (χ0n) is 9.70. The van der Waals surface area contributed by atoms with Crippen molar-refractivity contribution in [3.05, 3.63) is 29.5 Å². The summed E-state index contributed by atoms with van der Waals surface area (Å²) in [4.78, 5) is 11.1. The van der Waals surface area contributed by atoms with Gasteiger partial charge in [0.15, 0.2) is 0 Å². The van der Waals surface area contributed by atoms with E-state index in [1.807, 2.05) is 19.1 Å². The van der Waals surface area contributed by atoms with E-state index in [-0.39, 0.29) is 0 Å². The van der Waals surface area contributed by atoms with Crippen molar-refractivity contribution in [2.45, 2.75) is 13.8 Å². The molecular formula is C13H12N2O2. The minimum atomic E-state index is -0.501. The number of nitrogens with one attached hydrogen (secondary N) is 1. The second-order valence-corrected chi connectivity index (χ2v) is 3.59. The average Bonchev–Trinajstić information content (AvgIpc) is 2.73. The van der Waals surface area contributed by atoms with Gasteiger partial charge < -0.3 is 4.74 Å². The third-order valence-corrected chi connectivity index (χ3v) is 2.36. The molecule has 0 amide bonds. The second-order valence-electron chi connectivity index (χ2n) is 3.59. The molecule has 0 radical (unpaired) electrons. The zero-order chi connectivity index (χ0) is 12.3. The standard InChI is InChI=1S/C13H12N2O2/c1-3-17-13(16)5-4-10-7-11-8-14-15-12(11)6-9(10)2/h6-8H,3H2,1-2H3,(H,14,15). The van der Waals surface area contributed by atoms with E-state index in [1.165, 1.54) is 0 Å². The summed E-state index contributed by atoms with van der Waals surface area (Å²) in [5, 5.41) is 7.80. The van der Waals surface area contributed by atoms with Gasteiger partial charge in [-0.05, 0) is 31.5 Å². The van der Waals surface area contributed by atoms with E-state index in [1.54, 1.807) is 13.1 Å². The van der Waals surface area contributed by atoms with E-state index < -0.39 is 5.97 Å². The summed E-state index contributed by atoms with van der Waals surface area (Å²) in [5.41, 5.74) is 2.77. The largest absolute Gasteiger partial charge is 0.456 e. The smallest absolute Gasteiger partial charge is 0.384 e. The van der Waals surface area contributed by atoms with Gasteiger partial charge in [-0.2, -0.15) is 5.10 Å². The lowest BCUT2D eigenvalue weighted by Gasteiger charge is -1.98. The first-order valence-corrected chi connectivity index (χ1v) is 5.33. The third kappa shape index (κ3) is 2.45. The first kappa shape index (κ1) is 11.2. The van der Waals surface area contributed by atoms with Crippen LogP contribution in [-0.2, 0) is 9.53 Å². The molecule has 0 saturated heterocycles. The first-order valence-electron chi connectivity index (χ1n) is 5.33. The number of carbonyl (C=O) groups excluding carboxylic acids is 1. The lowest BCUT2D eigenvalue weighted by molar-refractivity contribution is -0.136. The van der Waals surface area contributed by atoms with Crippen molar-refractivity contribution < 1.29 is 9.53 Å². The van der Waals surface area contributed by atoms with Crippen LogP contribution >= 0.6 is 0 Å². The molecular weight excluding hydrogens is 216 g/mol. The molecule has 0 bridgehead atoms. The Bertz CT molecular complexity index is 617. The van der Waals surface area contributed by atoms with Crippen LogP contribution < -0.4 is 0 Å². The van der Waals surface area contributed by atoms with Gasteiger partial charge in [-0.15, -0.1) is 0 Å². The number of aryl methyl sites for hydroxylation is 1. The molecule has 0 aliphatic rings. The molecule has 17 heavy (non-hydrogen) atoms. The molecule has 1 heterocycles. The van der Waals surface area contributed by atoms with Gasteiger partial charge in [0.25, 0.3) is 0 Å². The molecule has 4 nitrogen and oxygen atoms in total. The molecule has 86 valence electrons. The van der Waals surface area contributed by atoms with Crippen LogP contribution in [0.15, 0.2) is 18.3 Å². The number of fused-ring (bicyclic) bond motifs is 1. The van der Waals surface area contributed by atoms with Gasteiger partial charge in [0.2, 0.25) is 0 Å². The van der Waals surface area contributed by atoms with Gasteiger partial charge in [-0.3, -0.25) is 5.10 Å². The lowest BCUT2D eigenvalue weighted by Crippen LogP contribution is -1.99. The van der Waals surface area contributed by atoms with Gasteiger partial charge in [0, 0.05) is 16.9 Å². The number of aromatic nitrogens is 2. The summed E-state index contributed by atoms with van der Waals surface area (Å²) in [6, 6.07) is 3.86. The molecule has 0 aliphatic carbocycles. The average molecular weight is 228 g/mol. The van der Waals surface area contributed by atoms with E-state index in [0.29, 0.717) is 6.61 Å². The fourth-order valence-corrected chi connectivity index (χ4v) is 1.52. The Morgan fingerprint density at radius 1 is 1.53 bits per heavy atom. The maximum atomic E-state index is 11.1. The van der Waals surface area contributed by atoms with Crippen molar-refractivity contribution in [2.24, 2.45) is 0 Å². The minimum absolute atomic E-state index is 0.341. The van der Waals surface area contributed by atoms with Crippen molar-refractivity contribution in [3.8, 4) is 11.8 Å². The van der Waals surface area contributed by atoms with Gasteiger partial charge >= 0.3 is 5.97 Å². The third-order valence-electron chi connectivity index (χ3n) is 2.36. The van der Waals surface area contributed by atoms with Crippen LogP contribution in [-0.4, -0.2) is 22.8 Å². The molecule has 2 rings (SSSR count). The number of aromatic amines is 1. The SMILES string of the molecule is CCOC(=O)C#Cc1cc2cn[nH]c2cc1C. The predicted octanol–water partition coefficient (Wildman–Crippen LogP) is 1.79. The van der Waals surface area contributed by atoms with Gasteiger partial charge in [-0.25, -0.2) is 4.79 Å². The molecule has 0 unspecified atom stereocenters. The molecule has 0 spiro atoms. The van der Waals surface area contributed by atoms with Crippen molar-refractivity contribution in [1.29, 1.82) is 0 Å². The molecule has 0 aliphatic heterocycles. The summed E-state index contributed by atoms with van der Waals surface area (Å²) in [6.07, 6.45) is 1.73. The number of ether oxygens (including phenoxy) is 1. The highest BCUT2D eigenvalue weighted by Gasteiger charge is 2.01. The summed E-state index contributed by atoms with van der Waals surface area (Å²) in [6.45, 7) is 4.03. The predicted molar refractivity (Wildman–Crippen MR) is 64.3 cm³/mol. The Morgan fingerprint density at radius 2 is 2.35 bits per heavy atom. The van der Waals surface area contributed by atoms with E-state index in [2.05, 4.69) is 22.0 Å². The second kappa shape index (κ2) is 4.71. The summed E-state index contributed by atoms with van der Waals surface area (Å²) >= 11 is 0. The fraction of sp³-hybridized carbons (Fsp3) is 0.231. The van der Waals surface area contributed by atoms with Crippen molar-refractivity contribution in [1.82, 2.24) is 10.2 Å². The van der Waals surface area contributed by atoms with E-state index >= 15 is 0 Å². The maximum Gasteiger partial charge on any atom is 0.384 e. The van der Waals surface area contributed by atoms with Crippen molar-refractivity contribution in [3.63, 3.8) is 0 Å². The Morgan fingerprint density at radius 3 is 3.12 bits per heavy atom. The van der Waals surface area contributed by atoms with Gasteiger partial charge in [-0.1, -0.05) is 5.92 Å². The van der Waals surface area contributed by atoms with Crippen molar-refractivity contribution >= 4 is 16.9 Å². The molecule has 0 saturated carbocycles. The van der Waals surface area contributed by atoms with E-state index in [0.717, 1.165) is 22.0 Å². The van der Waals surface area contributed by atoms with Crippen LogP contribution in [0.3, 0.4) is 0 Å². The van der Waals surface area contributed by atoms with E-state index in [9.17, 15) is 4.79 Å². The van der Waals surface area contributed by atoms with Crippen LogP contribution in [0.4, 0.5) is 0 Å². The normalized spacial score (nSPS) is 9.76. The first-order chi connectivity index (χ1) is 8.20. The highest BCUT2D eigenvalue weighted by atomic mass is 16.5. The Balaban J connectivity index is 2.34. The molecule has 1 aromatic carbocycles. The number of H-pyrrole nitrogens is 1. The van der Waals surface area contributed by atoms with Crippen LogP contribution in [0.2, 0.25) is 0 Å². The number of esters is 1. The van der Waals surface area contributed by atoms with Crippen LogP contribution in [0.25, 0.3) is 10.9 Å². The molecule has 1 N–H and O–H groups in total. The quantitative estimate of drug-likeness (QED) is 0.598. The highest BCUT2D eigenvalue weighted by molar-refractivity contribution is 5.90. The maximum absolute atomic E-state index is 11.1. The number of nitrogens with zero attached hydrogens (tertiary/aromatic N) is 1. The Hall–Kier alpha value is -2.28. The van der Waals surface area contributed by atoms with Crippen LogP contribution in [0.1, 0.15) is 18.1 Å². The number of carbonyl (C=O) groups is 1. The summed E-state index contributed by atoms with van der Waals surface area (Å²) in [5.74, 6) is 4.77. The number of rotatable bonds is 1. The molecule has 0 fully saturated rings. The van der Waals surface area contributed by atoms with Crippen molar-refractivity contribution in [2.75, 3.05) is 6.61 Å². The summed E-state index contributed by atoms with van der Waals surface area (Å²) < 4.78 is 4.74. The molecule has 4 heteroatoms. The van der Waals surface area contributed by atoms with Gasteiger partial charge in [0.1, 0.15) is 0 Å². The summed E-state index contributed by atoms with van der Waals surface area (Å²) in [7, 11) is 0. The molecule has 0 atom stereocenters. The molecule has 1 aromatic heterocycles. The monoisotopic (exact) mass is 228 g/mol. The minimum Gasteiger partial charge on any atom is -0.456 e. The lowest BCUT2D eigenvalue weighted by atomic mass is 10.1. The van der Waals surface area contributed by atoms with Crippen LogP contribution in [0.5, 0.6) is 0 Å². The van der Waals surface area contributed by atoms with Crippen LogP contribution in [0, 0.1) is 18.8 Å². The topological polar surface area (TPSA) is 55.0 Å². The number of benzene rings is 1. The fourth-order valence-electron chi connectivity index (χ4n) is 1.52. The Kier molecular flexibility index (Phi) is 3.10. The molecule has 2 aromatic rings. The highest BCUT2D eigenvalue weighted by Crippen LogP contribution is 2.16. The number of hydrogen-bond donors (Lipinski definition) is 1. The van der Waals surface area contributed by atoms with Gasteiger partial charge in [0.05, 0.1) is 18.3 Å². The Labute approximate surface area is 99.0 Å². The zero-order valence-corrected chi connectivity index (χ0v) is 9.70. The number of hydrogen-bond acceptors (Lipinski definition) is 3. The van der Waals surface area contributed by atoms with E-state index in [4.69, 9.17) is 4.74 Å².